The van der Waals surface area contributed by atoms with Crippen LogP contribution in [0.2, 0.25) is 0 Å². The zero-order valence-corrected chi connectivity index (χ0v) is 15.5. The lowest BCUT2D eigenvalue weighted by molar-refractivity contribution is 0.106. The Labute approximate surface area is 158 Å². The first-order valence-corrected chi connectivity index (χ1v) is 8.85. The Hall–Kier alpha value is -2.80. The van der Waals surface area contributed by atoms with Gasteiger partial charge in [-0.25, -0.2) is 4.39 Å². The molecule has 2 N–H and O–H groups in total. The van der Waals surface area contributed by atoms with Crippen LogP contribution in [-0.4, -0.2) is 39.9 Å². The number of rotatable bonds is 5. The van der Waals surface area contributed by atoms with E-state index < -0.39 is 0 Å². The second-order valence-electron chi connectivity index (χ2n) is 6.07. The Bertz CT molecular complexity index is 781. The normalized spacial score (nSPS) is 15.0. The lowest BCUT2D eigenvalue weighted by Gasteiger charge is -2.19. The van der Waals surface area contributed by atoms with Crippen molar-refractivity contribution in [3.63, 3.8) is 0 Å². The Balaban J connectivity index is 1.62. The minimum atomic E-state index is -0.270. The number of hydrogen-bond donors (Lipinski definition) is 2. The van der Waals surface area contributed by atoms with Crippen molar-refractivity contribution in [3.8, 4) is 11.5 Å². The highest BCUT2D eigenvalue weighted by Gasteiger charge is 2.13. The zero-order chi connectivity index (χ0) is 19.1. The van der Waals surface area contributed by atoms with Gasteiger partial charge >= 0.3 is 0 Å². The van der Waals surface area contributed by atoms with Gasteiger partial charge in [-0.3, -0.25) is 4.99 Å². The third-order valence-electron chi connectivity index (χ3n) is 4.22. The van der Waals surface area contributed by atoms with Crippen molar-refractivity contribution >= 4 is 11.6 Å². The predicted molar refractivity (Wildman–Crippen MR) is 103 cm³/mol. The number of halogens is 1. The van der Waals surface area contributed by atoms with Crippen molar-refractivity contribution in [2.75, 3.05) is 39.2 Å². The summed E-state index contributed by atoms with van der Waals surface area (Å²) >= 11 is 0. The standard InChI is InChI=1S/C20H24FN3O3/c1-22-20(23-13-19(25-2)14-4-6-15(21)7-5-14)24-16-8-9-17-18(12-16)27-11-3-10-26-17/h4-9,12,19H,3,10-11,13H2,1-2H3,(H2,22,23,24). The number of ether oxygens (including phenoxy) is 3. The maximum absolute atomic E-state index is 13.1. The summed E-state index contributed by atoms with van der Waals surface area (Å²) in [5.74, 6) is 1.79. The summed E-state index contributed by atoms with van der Waals surface area (Å²) in [6.07, 6.45) is 0.635. The van der Waals surface area contributed by atoms with Crippen LogP contribution in [0.3, 0.4) is 0 Å². The van der Waals surface area contributed by atoms with Gasteiger partial charge in [0.05, 0.1) is 19.3 Å². The molecular formula is C20H24FN3O3. The van der Waals surface area contributed by atoms with Gasteiger partial charge in [-0.15, -0.1) is 0 Å². The van der Waals surface area contributed by atoms with E-state index in [4.69, 9.17) is 14.2 Å². The fourth-order valence-corrected chi connectivity index (χ4v) is 2.76. The van der Waals surface area contributed by atoms with Crippen LogP contribution in [0, 0.1) is 5.82 Å². The van der Waals surface area contributed by atoms with E-state index >= 15 is 0 Å². The number of nitrogens with one attached hydrogen (secondary N) is 2. The van der Waals surface area contributed by atoms with Gasteiger partial charge in [0.1, 0.15) is 5.82 Å². The van der Waals surface area contributed by atoms with Crippen LogP contribution in [-0.2, 0) is 4.74 Å². The lowest BCUT2D eigenvalue weighted by Crippen LogP contribution is -2.34. The molecule has 2 aromatic carbocycles. The summed E-state index contributed by atoms with van der Waals surface area (Å²) in [4.78, 5) is 4.23. The molecule has 0 bridgehead atoms. The molecule has 1 aliphatic rings. The van der Waals surface area contributed by atoms with Crippen molar-refractivity contribution in [1.29, 1.82) is 0 Å². The molecule has 0 aliphatic carbocycles. The van der Waals surface area contributed by atoms with E-state index in [0.717, 1.165) is 23.4 Å². The molecule has 27 heavy (non-hydrogen) atoms. The van der Waals surface area contributed by atoms with Crippen molar-refractivity contribution in [2.24, 2.45) is 4.99 Å². The number of methoxy groups -OCH3 is 1. The number of anilines is 1. The SMILES string of the molecule is CN=C(NCC(OC)c1ccc(F)cc1)Nc1ccc2c(c1)OCCCO2. The second kappa shape index (κ2) is 9.23. The van der Waals surface area contributed by atoms with E-state index in [0.29, 0.717) is 31.5 Å². The van der Waals surface area contributed by atoms with Gasteiger partial charge in [0.15, 0.2) is 17.5 Å². The van der Waals surface area contributed by atoms with E-state index in [2.05, 4.69) is 15.6 Å². The molecular weight excluding hydrogens is 349 g/mol. The molecule has 0 saturated carbocycles. The van der Waals surface area contributed by atoms with Crippen LogP contribution < -0.4 is 20.1 Å². The number of fused-ring (bicyclic) bond motifs is 1. The van der Waals surface area contributed by atoms with E-state index in [1.807, 2.05) is 18.2 Å². The summed E-state index contributed by atoms with van der Waals surface area (Å²) in [5, 5.41) is 6.45. The van der Waals surface area contributed by atoms with Crippen LogP contribution >= 0.6 is 0 Å². The van der Waals surface area contributed by atoms with Crippen molar-refractivity contribution in [3.05, 3.63) is 53.8 Å². The number of hydrogen-bond acceptors (Lipinski definition) is 4. The highest BCUT2D eigenvalue weighted by Crippen LogP contribution is 2.32. The molecule has 7 heteroatoms. The lowest BCUT2D eigenvalue weighted by atomic mass is 10.1. The van der Waals surface area contributed by atoms with Gasteiger partial charge in [-0.05, 0) is 29.8 Å². The van der Waals surface area contributed by atoms with Crippen LogP contribution in [0.5, 0.6) is 11.5 Å². The molecule has 0 fully saturated rings. The van der Waals surface area contributed by atoms with Gasteiger partial charge in [-0.2, -0.15) is 0 Å². The first-order valence-electron chi connectivity index (χ1n) is 8.85. The number of benzene rings is 2. The van der Waals surface area contributed by atoms with Crippen molar-refractivity contribution in [2.45, 2.75) is 12.5 Å². The Kier molecular flexibility index (Phi) is 6.49. The highest BCUT2D eigenvalue weighted by molar-refractivity contribution is 5.93. The molecule has 1 heterocycles. The maximum atomic E-state index is 13.1. The van der Waals surface area contributed by atoms with Gasteiger partial charge in [0.2, 0.25) is 0 Å². The minimum Gasteiger partial charge on any atom is -0.490 e. The average Bonchev–Trinajstić information content (AvgIpc) is 2.93. The van der Waals surface area contributed by atoms with Crippen LogP contribution in [0.4, 0.5) is 10.1 Å². The molecule has 0 radical (unpaired) electrons. The fraction of sp³-hybridized carbons (Fsp3) is 0.350. The third kappa shape index (κ3) is 5.10. The van der Waals surface area contributed by atoms with Gasteiger partial charge < -0.3 is 24.8 Å². The third-order valence-corrected chi connectivity index (χ3v) is 4.22. The van der Waals surface area contributed by atoms with E-state index in [1.165, 1.54) is 12.1 Å². The first-order chi connectivity index (χ1) is 13.2. The Morgan fingerprint density at radius 3 is 2.59 bits per heavy atom. The molecule has 1 unspecified atom stereocenters. The Morgan fingerprint density at radius 1 is 1.15 bits per heavy atom. The zero-order valence-electron chi connectivity index (χ0n) is 15.5. The second-order valence-corrected chi connectivity index (χ2v) is 6.07. The van der Waals surface area contributed by atoms with Crippen molar-refractivity contribution < 1.29 is 18.6 Å². The quantitative estimate of drug-likeness (QED) is 0.622. The number of guanidine groups is 1. The van der Waals surface area contributed by atoms with Crippen LogP contribution in [0.15, 0.2) is 47.5 Å². The van der Waals surface area contributed by atoms with E-state index in [1.54, 1.807) is 26.3 Å². The molecule has 1 aliphatic heterocycles. The fourth-order valence-electron chi connectivity index (χ4n) is 2.76. The summed E-state index contributed by atoms with van der Waals surface area (Å²) in [5.41, 5.74) is 1.72. The monoisotopic (exact) mass is 373 g/mol. The highest BCUT2D eigenvalue weighted by atomic mass is 19.1. The molecule has 0 amide bonds. The first kappa shape index (κ1) is 19.0. The molecule has 0 saturated heterocycles. The minimum absolute atomic E-state index is 0.229. The summed E-state index contributed by atoms with van der Waals surface area (Å²) in [6.45, 7) is 1.77. The van der Waals surface area contributed by atoms with Crippen LogP contribution in [0.25, 0.3) is 0 Å². The molecule has 3 rings (SSSR count). The van der Waals surface area contributed by atoms with E-state index in [-0.39, 0.29) is 11.9 Å². The number of aliphatic imine (C=N–C) groups is 1. The summed E-state index contributed by atoms with van der Waals surface area (Å²) in [7, 11) is 3.31. The Morgan fingerprint density at radius 2 is 1.89 bits per heavy atom. The smallest absolute Gasteiger partial charge is 0.195 e. The summed E-state index contributed by atoms with van der Waals surface area (Å²) < 4.78 is 30.0. The van der Waals surface area contributed by atoms with Gasteiger partial charge in [0.25, 0.3) is 0 Å². The summed E-state index contributed by atoms with van der Waals surface area (Å²) in [6, 6.07) is 12.0. The predicted octanol–water partition coefficient (Wildman–Crippen LogP) is 3.36. The van der Waals surface area contributed by atoms with Gasteiger partial charge in [-0.1, -0.05) is 12.1 Å². The number of nitrogens with zero attached hydrogens (tertiary/aromatic N) is 1. The van der Waals surface area contributed by atoms with Crippen LogP contribution in [0.1, 0.15) is 18.1 Å². The molecule has 2 aromatic rings. The average molecular weight is 373 g/mol. The van der Waals surface area contributed by atoms with E-state index in [9.17, 15) is 4.39 Å². The maximum Gasteiger partial charge on any atom is 0.195 e. The molecule has 0 aromatic heterocycles. The molecule has 6 nitrogen and oxygen atoms in total. The molecule has 0 spiro atoms. The molecule has 1 atom stereocenters. The molecule has 144 valence electrons. The van der Waals surface area contributed by atoms with Crippen molar-refractivity contribution in [1.82, 2.24) is 5.32 Å². The van der Waals surface area contributed by atoms with Gasteiger partial charge in [0, 0.05) is 38.9 Å². The topological polar surface area (TPSA) is 64.1 Å². The largest absolute Gasteiger partial charge is 0.490 e.